The second-order valence-corrected chi connectivity index (χ2v) is 12.7. The lowest BCUT2D eigenvalue weighted by Gasteiger charge is -2.31. The third-order valence-corrected chi connectivity index (χ3v) is 9.96. The number of nitrogens with zero attached hydrogens (tertiary/aromatic N) is 5. The van der Waals surface area contributed by atoms with Crippen LogP contribution in [0.1, 0.15) is 50.5 Å². The van der Waals surface area contributed by atoms with Gasteiger partial charge in [0.05, 0.1) is 17.1 Å². The molecule has 1 unspecified atom stereocenters. The number of phenolic OH excluding ortho intramolecular Hbond substituents is 1. The molecule has 11 heteroatoms. The van der Waals surface area contributed by atoms with E-state index >= 15 is 4.39 Å². The Bertz CT molecular complexity index is 1900. The molecule has 4 aliphatic heterocycles. The van der Waals surface area contributed by atoms with Crippen LogP contribution in [0.4, 0.5) is 19.0 Å². The van der Waals surface area contributed by atoms with Crippen LogP contribution in [0.2, 0.25) is 0 Å². The predicted octanol–water partition coefficient (Wildman–Crippen LogP) is 5.91. The Balaban J connectivity index is 1.33. The second kappa shape index (κ2) is 10.7. The highest BCUT2D eigenvalue weighted by molar-refractivity contribution is 6.04. The first-order chi connectivity index (χ1) is 21.8. The number of halogens is 3. The lowest BCUT2D eigenvalue weighted by molar-refractivity contribution is 0.107. The van der Waals surface area contributed by atoms with E-state index in [0.717, 1.165) is 45.1 Å². The van der Waals surface area contributed by atoms with Gasteiger partial charge in [-0.3, -0.25) is 4.90 Å². The average Bonchev–Trinajstić information content (AvgIpc) is 3.38. The van der Waals surface area contributed by atoms with Gasteiger partial charge >= 0.3 is 6.01 Å². The summed E-state index contributed by atoms with van der Waals surface area (Å²) >= 11 is 0. The molecule has 2 aromatic heterocycles. The summed E-state index contributed by atoms with van der Waals surface area (Å²) in [5, 5.41) is 11.6. The minimum absolute atomic E-state index is 0.0101. The van der Waals surface area contributed by atoms with Crippen LogP contribution in [0.3, 0.4) is 0 Å². The van der Waals surface area contributed by atoms with Crippen LogP contribution in [0, 0.1) is 24.0 Å². The zero-order valence-corrected chi connectivity index (χ0v) is 24.7. The van der Waals surface area contributed by atoms with E-state index in [0.29, 0.717) is 42.7 Å². The van der Waals surface area contributed by atoms with E-state index in [-0.39, 0.29) is 58.0 Å². The molecule has 3 atom stereocenters. The Morgan fingerprint density at radius 3 is 2.84 bits per heavy atom. The topological polar surface area (TPSA) is 83.8 Å². The van der Waals surface area contributed by atoms with E-state index in [9.17, 15) is 13.9 Å². The number of benzene rings is 2. The van der Waals surface area contributed by atoms with E-state index < -0.39 is 23.3 Å². The van der Waals surface area contributed by atoms with Crippen LogP contribution in [0.15, 0.2) is 24.3 Å². The fourth-order valence-corrected chi connectivity index (χ4v) is 7.86. The summed E-state index contributed by atoms with van der Waals surface area (Å²) in [6, 6.07) is 5.41. The highest BCUT2D eigenvalue weighted by Crippen LogP contribution is 2.45. The summed E-state index contributed by atoms with van der Waals surface area (Å²) in [6.45, 7) is 2.38. The van der Waals surface area contributed by atoms with Crippen LogP contribution in [-0.2, 0) is 0 Å². The average molecular weight is 616 g/mol. The monoisotopic (exact) mass is 615 g/mol. The normalized spacial score (nSPS) is 24.5. The summed E-state index contributed by atoms with van der Waals surface area (Å²) in [5.74, 6) is 1.39. The molecule has 0 saturated carbocycles. The van der Waals surface area contributed by atoms with Gasteiger partial charge in [-0.15, -0.1) is 6.42 Å². The van der Waals surface area contributed by atoms with Crippen molar-refractivity contribution in [3.8, 4) is 41.2 Å². The van der Waals surface area contributed by atoms with Crippen LogP contribution in [-0.4, -0.2) is 75.6 Å². The van der Waals surface area contributed by atoms with Gasteiger partial charge in [0.25, 0.3) is 0 Å². The third kappa shape index (κ3) is 4.52. The number of pyridine rings is 1. The largest absolute Gasteiger partial charge is 0.508 e. The number of aromatic hydroxyl groups is 1. The molecule has 0 spiro atoms. The minimum atomic E-state index is -0.922. The van der Waals surface area contributed by atoms with Crippen LogP contribution < -0.4 is 14.4 Å². The van der Waals surface area contributed by atoms with E-state index in [1.54, 1.807) is 0 Å². The van der Waals surface area contributed by atoms with Crippen molar-refractivity contribution < 1.29 is 27.8 Å². The molecule has 0 bridgehead atoms. The lowest BCUT2D eigenvalue weighted by Crippen LogP contribution is -2.43. The fraction of sp³-hybridized carbons (Fsp3) is 0.441. The Morgan fingerprint density at radius 2 is 1.98 bits per heavy atom. The number of hydrogen-bond donors (Lipinski definition) is 1. The molecule has 0 aliphatic carbocycles. The van der Waals surface area contributed by atoms with Crippen molar-refractivity contribution in [3.63, 3.8) is 0 Å². The first-order valence-corrected chi connectivity index (χ1v) is 15.6. The number of phenols is 1. The molecule has 1 N–H and O–H groups in total. The van der Waals surface area contributed by atoms with Gasteiger partial charge in [-0.25, -0.2) is 18.2 Å². The zero-order chi connectivity index (χ0) is 30.9. The number of ether oxygens (including phenoxy) is 2. The Labute approximate surface area is 258 Å². The second-order valence-electron chi connectivity index (χ2n) is 12.7. The molecular formula is C34H32F3N5O3. The van der Waals surface area contributed by atoms with E-state index in [1.165, 1.54) is 24.3 Å². The van der Waals surface area contributed by atoms with E-state index in [2.05, 4.69) is 25.7 Å². The van der Waals surface area contributed by atoms with Gasteiger partial charge in [0, 0.05) is 30.5 Å². The molecule has 0 radical (unpaired) electrons. The quantitative estimate of drug-likeness (QED) is 0.284. The molecule has 4 aliphatic rings. The standard InChI is InChI=1S/C34H32F3N5O3/c1-2-23-25(36)9-8-19-13-22(43)14-24(26(19)23)29-28(37)30-27-31(42-12-5-3-4-7-21(42)17-44-32(27)38-29)40-33(39-30)45-18-34-10-6-11-41(34)16-20(35)15-34/h1,8-9,13-14,20-21,43H,3-7,10-12,15-18H2/t20-,21+,34?/m1/s1. The van der Waals surface area contributed by atoms with Gasteiger partial charge in [-0.05, 0) is 55.8 Å². The summed E-state index contributed by atoms with van der Waals surface area (Å²) in [6.07, 6.45) is 10.8. The molecule has 232 valence electrons. The Morgan fingerprint density at radius 1 is 1.09 bits per heavy atom. The van der Waals surface area contributed by atoms with Crippen LogP contribution in [0.25, 0.3) is 32.9 Å². The molecule has 6 heterocycles. The van der Waals surface area contributed by atoms with Crippen molar-refractivity contribution in [2.24, 2.45) is 0 Å². The Kier molecular flexibility index (Phi) is 6.68. The number of terminal acetylenes is 1. The first kappa shape index (κ1) is 28.2. The van der Waals surface area contributed by atoms with Crippen molar-refractivity contribution in [1.82, 2.24) is 19.9 Å². The molecule has 8 rings (SSSR count). The van der Waals surface area contributed by atoms with Gasteiger partial charge in [-0.1, -0.05) is 24.8 Å². The minimum Gasteiger partial charge on any atom is -0.508 e. The van der Waals surface area contributed by atoms with Gasteiger partial charge in [0.15, 0.2) is 5.82 Å². The van der Waals surface area contributed by atoms with Crippen molar-refractivity contribution in [2.45, 2.75) is 62.7 Å². The fourth-order valence-electron chi connectivity index (χ4n) is 7.86. The van der Waals surface area contributed by atoms with Gasteiger partial charge in [-0.2, -0.15) is 9.97 Å². The molecule has 3 saturated heterocycles. The first-order valence-electron chi connectivity index (χ1n) is 15.6. The number of alkyl halides is 1. The third-order valence-electron chi connectivity index (χ3n) is 9.96. The number of rotatable bonds is 4. The van der Waals surface area contributed by atoms with Gasteiger partial charge < -0.3 is 19.5 Å². The smallest absolute Gasteiger partial charge is 0.319 e. The highest BCUT2D eigenvalue weighted by Gasteiger charge is 2.49. The maximum Gasteiger partial charge on any atom is 0.319 e. The van der Waals surface area contributed by atoms with Crippen molar-refractivity contribution in [1.29, 1.82) is 0 Å². The number of aromatic nitrogens is 3. The Hall–Kier alpha value is -4.30. The molecule has 3 fully saturated rings. The molecule has 45 heavy (non-hydrogen) atoms. The maximum atomic E-state index is 16.9. The predicted molar refractivity (Wildman–Crippen MR) is 163 cm³/mol. The maximum absolute atomic E-state index is 16.9. The summed E-state index contributed by atoms with van der Waals surface area (Å²) in [5.41, 5.74) is -0.655. The van der Waals surface area contributed by atoms with Crippen molar-refractivity contribution in [3.05, 3.63) is 41.5 Å². The molecule has 2 aromatic carbocycles. The summed E-state index contributed by atoms with van der Waals surface area (Å²) in [4.78, 5) is 18.3. The SMILES string of the molecule is C#Cc1c(F)ccc2cc(O)cc(-c3nc4c5c(nc(OCC67CCCN6C[C@H](F)C7)nc5c3F)N3CCCCC[C@H]3CO4)c12. The number of hydrogen-bond acceptors (Lipinski definition) is 8. The lowest BCUT2D eigenvalue weighted by atomic mass is 9.95. The molecule has 8 nitrogen and oxygen atoms in total. The van der Waals surface area contributed by atoms with Crippen LogP contribution >= 0.6 is 0 Å². The number of anilines is 1. The van der Waals surface area contributed by atoms with E-state index in [1.807, 2.05) is 0 Å². The molecule has 4 aromatic rings. The number of fused-ring (bicyclic) bond motifs is 4. The van der Waals surface area contributed by atoms with Crippen LogP contribution in [0.5, 0.6) is 17.6 Å². The summed E-state index contributed by atoms with van der Waals surface area (Å²) in [7, 11) is 0. The van der Waals surface area contributed by atoms with E-state index in [4.69, 9.17) is 20.9 Å². The van der Waals surface area contributed by atoms with Crippen molar-refractivity contribution >= 4 is 27.5 Å². The van der Waals surface area contributed by atoms with Gasteiger partial charge in [0.2, 0.25) is 5.88 Å². The highest BCUT2D eigenvalue weighted by atomic mass is 19.1. The summed E-state index contributed by atoms with van der Waals surface area (Å²) < 4.78 is 58.8. The zero-order valence-electron chi connectivity index (χ0n) is 24.7. The molecule has 0 amide bonds. The molecular weight excluding hydrogens is 583 g/mol. The van der Waals surface area contributed by atoms with Gasteiger partial charge in [0.1, 0.15) is 53.4 Å². The van der Waals surface area contributed by atoms with Crippen molar-refractivity contribution in [2.75, 3.05) is 37.7 Å².